The van der Waals surface area contributed by atoms with Crippen molar-refractivity contribution in [1.29, 1.82) is 0 Å². The predicted octanol–water partition coefficient (Wildman–Crippen LogP) is 1.42. The average molecular weight is 250 g/mol. The number of benzene rings is 1. The van der Waals surface area contributed by atoms with Crippen LogP contribution in [-0.4, -0.2) is 44.4 Å². The first-order chi connectivity index (χ1) is 8.75. The van der Waals surface area contributed by atoms with E-state index in [0.29, 0.717) is 0 Å². The fourth-order valence-electron chi connectivity index (χ4n) is 1.98. The van der Waals surface area contributed by atoms with E-state index in [1.54, 1.807) is 0 Å². The Morgan fingerprint density at radius 3 is 2.56 bits per heavy atom. The lowest BCUT2D eigenvalue weighted by Crippen LogP contribution is -2.38. The van der Waals surface area contributed by atoms with Crippen LogP contribution in [0.3, 0.4) is 0 Å². The maximum Gasteiger partial charge on any atom is 0.119 e. The Balaban J connectivity index is 1.72. The number of rotatable bonds is 5. The van der Waals surface area contributed by atoms with E-state index in [9.17, 15) is 0 Å². The maximum absolute atomic E-state index is 5.80. The average Bonchev–Trinajstić information content (AvgIpc) is 2.40. The molecule has 1 aliphatic heterocycles. The third kappa shape index (κ3) is 3.98. The normalized spacial score (nSPS) is 18.6. The van der Waals surface area contributed by atoms with E-state index < -0.39 is 0 Å². The van der Waals surface area contributed by atoms with E-state index in [0.717, 1.165) is 50.8 Å². The second kappa shape index (κ2) is 6.73. The molecule has 0 aliphatic carbocycles. The van der Waals surface area contributed by atoms with Gasteiger partial charge in [0, 0.05) is 25.7 Å². The smallest absolute Gasteiger partial charge is 0.119 e. The molecule has 0 spiro atoms. The molecular weight excluding hydrogens is 228 g/mol. The van der Waals surface area contributed by atoms with Crippen molar-refractivity contribution in [3.8, 4) is 5.75 Å². The van der Waals surface area contributed by atoms with Crippen LogP contribution >= 0.6 is 0 Å². The van der Waals surface area contributed by atoms with Crippen LogP contribution in [0.15, 0.2) is 24.3 Å². The molecule has 1 atom stereocenters. The monoisotopic (exact) mass is 250 g/mol. The molecular formula is C14H22N2O2. The minimum Gasteiger partial charge on any atom is -0.492 e. The first-order valence-electron chi connectivity index (χ1n) is 6.54. The van der Waals surface area contributed by atoms with Crippen LogP contribution in [0.5, 0.6) is 5.75 Å². The quantitative estimate of drug-likeness (QED) is 0.858. The molecule has 1 aliphatic rings. The highest BCUT2D eigenvalue weighted by Gasteiger charge is 2.09. The second-order valence-electron chi connectivity index (χ2n) is 4.66. The summed E-state index contributed by atoms with van der Waals surface area (Å²) in [5, 5.41) is 0. The van der Waals surface area contributed by atoms with Gasteiger partial charge in [-0.1, -0.05) is 12.1 Å². The van der Waals surface area contributed by atoms with Gasteiger partial charge in [0.1, 0.15) is 12.4 Å². The summed E-state index contributed by atoms with van der Waals surface area (Å²) in [5.41, 5.74) is 6.94. The molecule has 2 N–H and O–H groups in total. The van der Waals surface area contributed by atoms with Crippen molar-refractivity contribution in [2.45, 2.75) is 13.0 Å². The minimum atomic E-state index is 0.0763. The summed E-state index contributed by atoms with van der Waals surface area (Å²) in [7, 11) is 0. The highest BCUT2D eigenvalue weighted by atomic mass is 16.5. The Morgan fingerprint density at radius 1 is 1.28 bits per heavy atom. The number of hydrogen-bond donors (Lipinski definition) is 1. The Bertz CT molecular complexity index is 345. The standard InChI is InChI=1S/C14H22N2O2/c1-12(15)13-2-4-14(5-3-13)18-11-8-16-6-9-17-10-7-16/h2-5,12H,6-11,15H2,1H3/t12-/m1/s1. The zero-order valence-electron chi connectivity index (χ0n) is 11.0. The topological polar surface area (TPSA) is 47.7 Å². The summed E-state index contributed by atoms with van der Waals surface area (Å²) in [6, 6.07) is 8.09. The van der Waals surface area contributed by atoms with Gasteiger partial charge in [-0.05, 0) is 24.6 Å². The van der Waals surface area contributed by atoms with Crippen molar-refractivity contribution in [2.75, 3.05) is 39.5 Å². The molecule has 0 radical (unpaired) electrons. The van der Waals surface area contributed by atoms with E-state index in [4.69, 9.17) is 15.2 Å². The van der Waals surface area contributed by atoms with Crippen LogP contribution < -0.4 is 10.5 Å². The third-order valence-corrected chi connectivity index (χ3v) is 3.19. The molecule has 4 nitrogen and oxygen atoms in total. The number of ether oxygens (including phenoxy) is 2. The molecule has 1 fully saturated rings. The number of nitrogens with two attached hydrogens (primary N) is 1. The Morgan fingerprint density at radius 2 is 1.94 bits per heavy atom. The first-order valence-corrected chi connectivity index (χ1v) is 6.54. The van der Waals surface area contributed by atoms with Crippen LogP contribution in [0, 0.1) is 0 Å². The van der Waals surface area contributed by atoms with Crippen LogP contribution in [0.4, 0.5) is 0 Å². The van der Waals surface area contributed by atoms with Crippen LogP contribution in [0.1, 0.15) is 18.5 Å². The van der Waals surface area contributed by atoms with Gasteiger partial charge >= 0.3 is 0 Å². The van der Waals surface area contributed by atoms with Gasteiger partial charge in [-0.25, -0.2) is 0 Å². The third-order valence-electron chi connectivity index (χ3n) is 3.19. The van der Waals surface area contributed by atoms with E-state index in [1.165, 1.54) is 0 Å². The van der Waals surface area contributed by atoms with Crippen molar-refractivity contribution in [3.05, 3.63) is 29.8 Å². The molecule has 4 heteroatoms. The SMILES string of the molecule is C[C@@H](N)c1ccc(OCCN2CCOCC2)cc1. The lowest BCUT2D eigenvalue weighted by molar-refractivity contribution is 0.0322. The summed E-state index contributed by atoms with van der Waals surface area (Å²) < 4.78 is 11.0. The molecule has 0 saturated carbocycles. The second-order valence-corrected chi connectivity index (χ2v) is 4.66. The number of nitrogens with zero attached hydrogens (tertiary/aromatic N) is 1. The van der Waals surface area contributed by atoms with E-state index >= 15 is 0 Å². The zero-order valence-corrected chi connectivity index (χ0v) is 11.0. The number of hydrogen-bond acceptors (Lipinski definition) is 4. The Hall–Kier alpha value is -1.10. The van der Waals surface area contributed by atoms with Crippen LogP contribution in [0.2, 0.25) is 0 Å². The Kier molecular flexibility index (Phi) is 4.99. The zero-order chi connectivity index (χ0) is 12.8. The van der Waals surface area contributed by atoms with Crippen molar-refractivity contribution >= 4 is 0 Å². The van der Waals surface area contributed by atoms with E-state index in [1.807, 2.05) is 31.2 Å². The predicted molar refractivity (Wildman–Crippen MR) is 71.8 cm³/mol. The molecule has 2 rings (SSSR count). The molecule has 0 unspecified atom stereocenters. The van der Waals surface area contributed by atoms with Crippen LogP contribution in [0.25, 0.3) is 0 Å². The van der Waals surface area contributed by atoms with Gasteiger partial charge in [-0.3, -0.25) is 4.90 Å². The Labute approximate surface area is 109 Å². The summed E-state index contributed by atoms with van der Waals surface area (Å²) in [6.45, 7) is 7.34. The summed E-state index contributed by atoms with van der Waals surface area (Å²) >= 11 is 0. The molecule has 0 amide bonds. The van der Waals surface area contributed by atoms with Gasteiger partial charge in [-0.2, -0.15) is 0 Å². The maximum atomic E-state index is 5.80. The van der Waals surface area contributed by atoms with Gasteiger partial charge in [-0.15, -0.1) is 0 Å². The summed E-state index contributed by atoms with van der Waals surface area (Å²) in [4.78, 5) is 2.36. The highest BCUT2D eigenvalue weighted by Crippen LogP contribution is 2.15. The van der Waals surface area contributed by atoms with Crippen molar-refractivity contribution in [2.24, 2.45) is 5.73 Å². The fraction of sp³-hybridized carbons (Fsp3) is 0.571. The van der Waals surface area contributed by atoms with Crippen molar-refractivity contribution < 1.29 is 9.47 Å². The molecule has 1 aromatic carbocycles. The highest BCUT2D eigenvalue weighted by molar-refractivity contribution is 5.28. The van der Waals surface area contributed by atoms with Crippen molar-refractivity contribution in [1.82, 2.24) is 4.90 Å². The van der Waals surface area contributed by atoms with Gasteiger partial charge in [0.2, 0.25) is 0 Å². The molecule has 1 heterocycles. The van der Waals surface area contributed by atoms with Crippen LogP contribution in [-0.2, 0) is 4.74 Å². The molecule has 1 aromatic rings. The molecule has 100 valence electrons. The van der Waals surface area contributed by atoms with E-state index in [2.05, 4.69) is 4.90 Å². The molecule has 0 bridgehead atoms. The number of morpholine rings is 1. The molecule has 18 heavy (non-hydrogen) atoms. The summed E-state index contributed by atoms with van der Waals surface area (Å²) in [5.74, 6) is 0.910. The van der Waals surface area contributed by atoms with Crippen molar-refractivity contribution in [3.63, 3.8) is 0 Å². The largest absolute Gasteiger partial charge is 0.492 e. The van der Waals surface area contributed by atoms with E-state index in [-0.39, 0.29) is 6.04 Å². The lowest BCUT2D eigenvalue weighted by Gasteiger charge is -2.26. The lowest BCUT2D eigenvalue weighted by atomic mass is 10.1. The molecule has 0 aromatic heterocycles. The molecule has 1 saturated heterocycles. The van der Waals surface area contributed by atoms with Gasteiger partial charge < -0.3 is 15.2 Å². The van der Waals surface area contributed by atoms with Gasteiger partial charge in [0.25, 0.3) is 0 Å². The first kappa shape index (κ1) is 13.3. The summed E-state index contributed by atoms with van der Waals surface area (Å²) in [6.07, 6.45) is 0. The minimum absolute atomic E-state index is 0.0763. The van der Waals surface area contributed by atoms with Gasteiger partial charge in [0.05, 0.1) is 13.2 Å². The van der Waals surface area contributed by atoms with Gasteiger partial charge in [0.15, 0.2) is 0 Å². The fourth-order valence-corrected chi connectivity index (χ4v) is 1.98.